The van der Waals surface area contributed by atoms with E-state index in [9.17, 15) is 19.2 Å². The first kappa shape index (κ1) is 25.5. The molecule has 1 fully saturated rings. The topological polar surface area (TPSA) is 123 Å². The van der Waals surface area contributed by atoms with Gasteiger partial charge in [0.15, 0.2) is 11.5 Å². The first-order valence-electron chi connectivity index (χ1n) is 10.9. The molecule has 2 atom stereocenters. The van der Waals surface area contributed by atoms with Crippen LogP contribution in [0.2, 0.25) is 0 Å². The number of aryl methyl sites for hydroxylation is 1. The molecule has 186 valence electrons. The Morgan fingerprint density at radius 2 is 1.69 bits per heavy atom. The quantitative estimate of drug-likeness (QED) is 0.414. The molecule has 0 saturated carbocycles. The molecule has 10 nitrogen and oxygen atoms in total. The fourth-order valence-corrected chi connectivity index (χ4v) is 3.88. The van der Waals surface area contributed by atoms with E-state index in [-0.39, 0.29) is 6.42 Å². The Balaban J connectivity index is 1.79. The maximum atomic E-state index is 13.2. The molecule has 10 heteroatoms. The van der Waals surface area contributed by atoms with Crippen LogP contribution < -0.4 is 20.1 Å². The predicted octanol–water partition coefficient (Wildman–Crippen LogP) is 2.20. The molecule has 3 rings (SSSR count). The van der Waals surface area contributed by atoms with Crippen molar-refractivity contribution in [1.82, 2.24) is 15.5 Å². The highest BCUT2D eigenvalue weighted by atomic mass is 16.5. The van der Waals surface area contributed by atoms with Gasteiger partial charge in [-0.1, -0.05) is 35.9 Å². The van der Waals surface area contributed by atoms with Gasteiger partial charge >= 0.3 is 12.0 Å². The molecule has 1 aliphatic heterocycles. The number of benzene rings is 2. The lowest BCUT2D eigenvalue weighted by atomic mass is 9.91. The molecular weight excluding hydrogens is 454 g/mol. The summed E-state index contributed by atoms with van der Waals surface area (Å²) in [7, 11) is 4.21. The minimum absolute atomic E-state index is 0.168. The van der Waals surface area contributed by atoms with Crippen LogP contribution in [-0.2, 0) is 24.7 Å². The van der Waals surface area contributed by atoms with Crippen molar-refractivity contribution < 1.29 is 33.4 Å². The summed E-state index contributed by atoms with van der Waals surface area (Å²) in [6.45, 7) is 3.00. The molecule has 1 heterocycles. The summed E-state index contributed by atoms with van der Waals surface area (Å²) in [6, 6.07) is 10.7. The van der Waals surface area contributed by atoms with Crippen LogP contribution in [0.3, 0.4) is 0 Å². The van der Waals surface area contributed by atoms with Gasteiger partial charge < -0.3 is 24.8 Å². The molecule has 2 N–H and O–H groups in total. The zero-order chi connectivity index (χ0) is 25.8. The van der Waals surface area contributed by atoms with E-state index in [0.29, 0.717) is 22.6 Å². The molecule has 0 aromatic heterocycles. The maximum Gasteiger partial charge on any atom is 0.325 e. The number of nitrogens with zero attached hydrogens (tertiary/aromatic N) is 1. The summed E-state index contributed by atoms with van der Waals surface area (Å²) in [5.74, 6) is -0.819. The van der Waals surface area contributed by atoms with E-state index in [0.717, 1.165) is 10.5 Å². The zero-order valence-electron chi connectivity index (χ0n) is 20.3. The monoisotopic (exact) mass is 483 g/mol. The summed E-state index contributed by atoms with van der Waals surface area (Å²) in [5.41, 5.74) is 0.887. The van der Waals surface area contributed by atoms with Crippen LogP contribution in [-0.4, -0.2) is 56.6 Å². The van der Waals surface area contributed by atoms with Gasteiger partial charge in [0.1, 0.15) is 12.1 Å². The molecule has 4 amide bonds. The van der Waals surface area contributed by atoms with Crippen LogP contribution >= 0.6 is 0 Å². The Kier molecular flexibility index (Phi) is 7.63. The van der Waals surface area contributed by atoms with E-state index in [2.05, 4.69) is 10.6 Å². The number of imide groups is 1. The van der Waals surface area contributed by atoms with E-state index in [4.69, 9.17) is 14.2 Å². The summed E-state index contributed by atoms with van der Waals surface area (Å²) >= 11 is 0. The third kappa shape index (κ3) is 5.37. The summed E-state index contributed by atoms with van der Waals surface area (Å²) < 4.78 is 15.3. The van der Waals surface area contributed by atoms with Crippen LogP contribution in [0.1, 0.15) is 36.1 Å². The molecule has 0 aliphatic carbocycles. The Hall–Kier alpha value is -4.08. The number of esters is 1. The number of hydrogen-bond acceptors (Lipinski definition) is 7. The van der Waals surface area contributed by atoms with Gasteiger partial charge in [0.25, 0.3) is 5.91 Å². The number of urea groups is 1. The van der Waals surface area contributed by atoms with Gasteiger partial charge in [0.2, 0.25) is 5.91 Å². The first-order chi connectivity index (χ1) is 16.6. The van der Waals surface area contributed by atoms with Gasteiger partial charge in [0.05, 0.1) is 33.8 Å². The van der Waals surface area contributed by atoms with E-state index in [1.807, 2.05) is 19.1 Å². The van der Waals surface area contributed by atoms with E-state index in [1.54, 1.807) is 37.3 Å². The van der Waals surface area contributed by atoms with Crippen LogP contribution in [0, 0.1) is 6.92 Å². The van der Waals surface area contributed by atoms with Gasteiger partial charge in [-0.3, -0.25) is 19.3 Å². The number of carbonyl (C=O) groups excluding carboxylic acids is 4. The van der Waals surface area contributed by atoms with Crippen LogP contribution in [0.25, 0.3) is 0 Å². The highest BCUT2D eigenvalue weighted by molar-refractivity contribution is 6.09. The Morgan fingerprint density at radius 1 is 1.03 bits per heavy atom. The molecule has 35 heavy (non-hydrogen) atoms. The third-order valence-corrected chi connectivity index (χ3v) is 5.95. The van der Waals surface area contributed by atoms with Crippen LogP contribution in [0.4, 0.5) is 4.79 Å². The van der Waals surface area contributed by atoms with Gasteiger partial charge in [-0.15, -0.1) is 0 Å². The lowest BCUT2D eigenvalue weighted by molar-refractivity contribution is -0.141. The summed E-state index contributed by atoms with van der Waals surface area (Å²) in [6.07, 6.45) is -0.168. The third-order valence-electron chi connectivity index (χ3n) is 5.95. The fraction of sp³-hybridized carbons (Fsp3) is 0.360. The van der Waals surface area contributed by atoms with Crippen molar-refractivity contribution in [3.63, 3.8) is 0 Å². The predicted molar refractivity (Wildman–Crippen MR) is 126 cm³/mol. The Morgan fingerprint density at radius 3 is 2.29 bits per heavy atom. The van der Waals surface area contributed by atoms with Crippen molar-refractivity contribution in [2.75, 3.05) is 27.9 Å². The van der Waals surface area contributed by atoms with Crippen molar-refractivity contribution in [3.05, 3.63) is 59.2 Å². The SMILES string of the molecule is COC(=O)CC(NC(=O)CN1C(=O)NC(C)(c2ccc(C)cc2)C1=O)c1ccc(OC)c(OC)c1. The van der Waals surface area contributed by atoms with Crippen molar-refractivity contribution >= 4 is 23.8 Å². The molecular formula is C25H29N3O7. The number of hydrogen-bond donors (Lipinski definition) is 2. The molecule has 2 unspecified atom stereocenters. The average molecular weight is 484 g/mol. The largest absolute Gasteiger partial charge is 0.493 e. The lowest BCUT2D eigenvalue weighted by Crippen LogP contribution is -2.44. The maximum absolute atomic E-state index is 13.2. The average Bonchev–Trinajstić information content (AvgIpc) is 3.06. The van der Waals surface area contributed by atoms with Gasteiger partial charge in [-0.2, -0.15) is 0 Å². The second-order valence-electron chi connectivity index (χ2n) is 8.33. The number of amides is 4. The van der Waals surface area contributed by atoms with E-state index < -0.39 is 41.9 Å². The molecule has 1 aliphatic rings. The number of ether oxygens (including phenoxy) is 3. The fourth-order valence-electron chi connectivity index (χ4n) is 3.88. The normalized spacial score (nSPS) is 18.0. The van der Waals surface area contributed by atoms with Gasteiger partial charge in [-0.25, -0.2) is 4.79 Å². The second kappa shape index (κ2) is 10.5. The molecule has 0 spiro atoms. The van der Waals surface area contributed by atoms with Crippen molar-refractivity contribution in [2.24, 2.45) is 0 Å². The van der Waals surface area contributed by atoms with E-state index >= 15 is 0 Å². The molecule has 0 radical (unpaired) electrons. The van der Waals surface area contributed by atoms with Crippen LogP contribution in [0.15, 0.2) is 42.5 Å². The molecule has 2 aromatic carbocycles. The van der Waals surface area contributed by atoms with Crippen molar-refractivity contribution in [3.8, 4) is 11.5 Å². The highest BCUT2D eigenvalue weighted by Gasteiger charge is 2.49. The minimum atomic E-state index is -1.29. The number of rotatable bonds is 9. The molecule has 2 aromatic rings. The van der Waals surface area contributed by atoms with Crippen LogP contribution in [0.5, 0.6) is 11.5 Å². The summed E-state index contributed by atoms with van der Waals surface area (Å²) in [4.78, 5) is 51.6. The van der Waals surface area contributed by atoms with E-state index in [1.165, 1.54) is 21.3 Å². The molecule has 1 saturated heterocycles. The number of methoxy groups -OCH3 is 3. The number of carbonyl (C=O) groups is 4. The van der Waals surface area contributed by atoms with Crippen molar-refractivity contribution in [1.29, 1.82) is 0 Å². The Labute approximate surface area is 203 Å². The van der Waals surface area contributed by atoms with Crippen molar-refractivity contribution in [2.45, 2.75) is 31.8 Å². The minimum Gasteiger partial charge on any atom is -0.493 e. The highest BCUT2D eigenvalue weighted by Crippen LogP contribution is 2.32. The second-order valence-corrected chi connectivity index (χ2v) is 8.33. The smallest absolute Gasteiger partial charge is 0.325 e. The van der Waals surface area contributed by atoms with Gasteiger partial charge in [-0.05, 0) is 37.1 Å². The summed E-state index contributed by atoms with van der Waals surface area (Å²) in [5, 5.41) is 5.40. The standard InChI is InChI=1S/C25H29N3O7/c1-15-6-9-17(10-7-15)25(2)23(31)28(24(32)27-25)14-21(29)26-18(13-22(30)35-5)16-8-11-19(33-3)20(12-16)34-4/h6-12,18H,13-14H2,1-5H3,(H,26,29)(H,27,32). The van der Waals surface area contributed by atoms with Gasteiger partial charge in [0, 0.05) is 0 Å². The Bertz CT molecular complexity index is 1130. The first-order valence-corrected chi connectivity index (χ1v) is 10.9. The molecule has 0 bridgehead atoms. The lowest BCUT2D eigenvalue weighted by Gasteiger charge is -2.23. The zero-order valence-corrected chi connectivity index (χ0v) is 20.3. The number of nitrogens with one attached hydrogen (secondary N) is 2.